The Bertz CT molecular complexity index is 401. The van der Waals surface area contributed by atoms with Gasteiger partial charge in [-0.05, 0) is 24.1 Å². The van der Waals surface area contributed by atoms with Crippen molar-refractivity contribution < 1.29 is 14.7 Å². The number of aliphatic carboxylic acids is 1. The van der Waals surface area contributed by atoms with E-state index in [1.807, 2.05) is 12.1 Å². The van der Waals surface area contributed by atoms with Gasteiger partial charge >= 0.3 is 5.97 Å². The van der Waals surface area contributed by atoms with Crippen molar-refractivity contribution in [1.82, 2.24) is 0 Å². The first-order valence-corrected chi connectivity index (χ1v) is 5.42. The van der Waals surface area contributed by atoms with E-state index in [2.05, 4.69) is 12.2 Å². The lowest BCUT2D eigenvalue weighted by Gasteiger charge is -2.08. The van der Waals surface area contributed by atoms with E-state index >= 15 is 0 Å². The molecule has 0 radical (unpaired) electrons. The van der Waals surface area contributed by atoms with Gasteiger partial charge in [-0.3, -0.25) is 4.79 Å². The molecule has 1 rings (SSSR count). The molecule has 0 saturated heterocycles. The minimum atomic E-state index is -1.54. The van der Waals surface area contributed by atoms with Gasteiger partial charge in [0, 0.05) is 5.69 Å². The van der Waals surface area contributed by atoms with E-state index in [0.29, 0.717) is 5.69 Å². The van der Waals surface area contributed by atoms with Crippen LogP contribution in [0.5, 0.6) is 0 Å². The molecule has 1 amide bonds. The molecule has 0 heterocycles. The number of carboxylic acids is 1. The number of hydrogen-bond donors (Lipinski definition) is 3. The zero-order valence-electron chi connectivity index (χ0n) is 9.64. The first kappa shape index (κ1) is 13.2. The van der Waals surface area contributed by atoms with Crippen molar-refractivity contribution in [2.24, 2.45) is 5.73 Å². The summed E-state index contributed by atoms with van der Waals surface area (Å²) in [7, 11) is 0. The predicted molar refractivity (Wildman–Crippen MR) is 64.7 cm³/mol. The maximum absolute atomic E-state index is 11.3. The van der Waals surface area contributed by atoms with Crippen LogP contribution in [-0.2, 0) is 16.0 Å². The topological polar surface area (TPSA) is 92.4 Å². The SMILES string of the molecule is CCCc1ccc(NC(=O)C(N)C(=O)O)cc1. The van der Waals surface area contributed by atoms with Gasteiger partial charge in [-0.1, -0.05) is 25.5 Å². The fraction of sp³-hybridized carbons (Fsp3) is 0.333. The molecule has 1 aromatic rings. The van der Waals surface area contributed by atoms with E-state index in [0.717, 1.165) is 12.8 Å². The van der Waals surface area contributed by atoms with Crippen LogP contribution in [0.1, 0.15) is 18.9 Å². The number of rotatable bonds is 5. The number of nitrogens with one attached hydrogen (secondary N) is 1. The average molecular weight is 236 g/mol. The summed E-state index contributed by atoms with van der Waals surface area (Å²) in [5, 5.41) is 11.0. The molecule has 1 unspecified atom stereocenters. The molecule has 0 saturated carbocycles. The zero-order chi connectivity index (χ0) is 12.8. The van der Waals surface area contributed by atoms with Crippen LogP contribution in [0, 0.1) is 0 Å². The number of amides is 1. The van der Waals surface area contributed by atoms with Crippen molar-refractivity contribution in [3.05, 3.63) is 29.8 Å². The maximum Gasteiger partial charge on any atom is 0.330 e. The lowest BCUT2D eigenvalue weighted by Crippen LogP contribution is -2.42. The van der Waals surface area contributed by atoms with Gasteiger partial charge in [0.2, 0.25) is 0 Å². The van der Waals surface area contributed by atoms with E-state index < -0.39 is 17.9 Å². The maximum atomic E-state index is 11.3. The van der Waals surface area contributed by atoms with Gasteiger partial charge < -0.3 is 16.2 Å². The van der Waals surface area contributed by atoms with Crippen molar-refractivity contribution in [2.45, 2.75) is 25.8 Å². The number of hydrogen-bond acceptors (Lipinski definition) is 3. The minimum absolute atomic E-state index is 0.548. The van der Waals surface area contributed by atoms with Crippen LogP contribution in [0.3, 0.4) is 0 Å². The van der Waals surface area contributed by atoms with Gasteiger partial charge in [0.25, 0.3) is 5.91 Å². The Hall–Kier alpha value is -1.88. The van der Waals surface area contributed by atoms with E-state index in [4.69, 9.17) is 10.8 Å². The third-order valence-electron chi connectivity index (χ3n) is 2.31. The number of carbonyl (C=O) groups excluding carboxylic acids is 1. The quantitative estimate of drug-likeness (QED) is 0.665. The van der Waals surface area contributed by atoms with Gasteiger partial charge in [-0.15, -0.1) is 0 Å². The molecule has 0 aliphatic carbocycles. The average Bonchev–Trinajstić information content (AvgIpc) is 2.30. The predicted octanol–water partition coefficient (Wildman–Crippen LogP) is 0.989. The summed E-state index contributed by atoms with van der Waals surface area (Å²) in [6.45, 7) is 2.08. The molecule has 1 atom stereocenters. The number of carboxylic acid groups (broad SMARTS) is 1. The first-order valence-electron chi connectivity index (χ1n) is 5.42. The smallest absolute Gasteiger partial charge is 0.330 e. The normalized spacial score (nSPS) is 11.9. The van der Waals surface area contributed by atoms with Gasteiger partial charge in [0.15, 0.2) is 6.04 Å². The summed E-state index contributed by atoms with van der Waals surface area (Å²) in [5.74, 6) is -2.06. The highest BCUT2D eigenvalue weighted by atomic mass is 16.4. The molecule has 0 fully saturated rings. The molecule has 4 N–H and O–H groups in total. The van der Waals surface area contributed by atoms with Gasteiger partial charge in [0.1, 0.15) is 0 Å². The van der Waals surface area contributed by atoms with E-state index in [-0.39, 0.29) is 0 Å². The standard InChI is InChI=1S/C12H16N2O3/c1-2-3-8-4-6-9(7-5-8)14-11(15)10(13)12(16)17/h4-7,10H,2-3,13H2,1H3,(H,14,15)(H,16,17). The summed E-state index contributed by atoms with van der Waals surface area (Å²) in [4.78, 5) is 21.8. The van der Waals surface area contributed by atoms with Crippen LogP contribution in [0.15, 0.2) is 24.3 Å². The second kappa shape index (κ2) is 6.00. The molecule has 0 spiro atoms. The lowest BCUT2D eigenvalue weighted by atomic mass is 10.1. The molecule has 0 aliphatic heterocycles. The summed E-state index contributed by atoms with van der Waals surface area (Å²) in [6.07, 6.45) is 2.03. The van der Waals surface area contributed by atoms with Crippen LogP contribution in [0.25, 0.3) is 0 Å². The zero-order valence-corrected chi connectivity index (χ0v) is 9.64. The second-order valence-electron chi connectivity index (χ2n) is 3.75. The third kappa shape index (κ3) is 3.88. The molecule has 0 aliphatic rings. The number of carbonyl (C=O) groups is 2. The van der Waals surface area contributed by atoms with Gasteiger partial charge in [0.05, 0.1) is 0 Å². The highest BCUT2D eigenvalue weighted by Gasteiger charge is 2.20. The van der Waals surface area contributed by atoms with Crippen molar-refractivity contribution in [3.8, 4) is 0 Å². The molecule has 5 nitrogen and oxygen atoms in total. The van der Waals surface area contributed by atoms with Crippen LogP contribution >= 0.6 is 0 Å². The van der Waals surface area contributed by atoms with Crippen LogP contribution in [0.4, 0.5) is 5.69 Å². The Morgan fingerprint density at radius 3 is 2.41 bits per heavy atom. The highest BCUT2D eigenvalue weighted by Crippen LogP contribution is 2.11. The van der Waals surface area contributed by atoms with Gasteiger partial charge in [-0.25, -0.2) is 4.79 Å². The van der Waals surface area contributed by atoms with Crippen molar-refractivity contribution in [2.75, 3.05) is 5.32 Å². The third-order valence-corrected chi connectivity index (χ3v) is 2.31. The number of nitrogens with two attached hydrogens (primary N) is 1. The Kier molecular flexibility index (Phi) is 4.66. The largest absolute Gasteiger partial charge is 0.480 e. The molecular weight excluding hydrogens is 220 g/mol. The van der Waals surface area contributed by atoms with Crippen LogP contribution < -0.4 is 11.1 Å². The van der Waals surface area contributed by atoms with E-state index in [1.54, 1.807) is 12.1 Å². The molecular formula is C12H16N2O3. The summed E-state index contributed by atoms with van der Waals surface area (Å²) in [6, 6.07) is 5.72. The first-order chi connectivity index (χ1) is 8.04. The second-order valence-corrected chi connectivity index (χ2v) is 3.75. The van der Waals surface area contributed by atoms with Crippen LogP contribution in [-0.4, -0.2) is 23.0 Å². The minimum Gasteiger partial charge on any atom is -0.480 e. The van der Waals surface area contributed by atoms with E-state index in [1.165, 1.54) is 5.56 Å². The van der Waals surface area contributed by atoms with Crippen molar-refractivity contribution in [1.29, 1.82) is 0 Å². The fourth-order valence-corrected chi connectivity index (χ4v) is 1.38. The van der Waals surface area contributed by atoms with Crippen molar-refractivity contribution in [3.63, 3.8) is 0 Å². The monoisotopic (exact) mass is 236 g/mol. The molecule has 92 valence electrons. The van der Waals surface area contributed by atoms with Crippen LogP contribution in [0.2, 0.25) is 0 Å². The van der Waals surface area contributed by atoms with E-state index in [9.17, 15) is 9.59 Å². The summed E-state index contributed by atoms with van der Waals surface area (Å²) < 4.78 is 0. The lowest BCUT2D eigenvalue weighted by molar-refractivity contribution is -0.141. The number of anilines is 1. The Morgan fingerprint density at radius 1 is 1.35 bits per heavy atom. The molecule has 0 bridgehead atoms. The molecule has 17 heavy (non-hydrogen) atoms. The summed E-state index contributed by atoms with van der Waals surface area (Å²) >= 11 is 0. The van der Waals surface area contributed by atoms with Crippen molar-refractivity contribution >= 4 is 17.6 Å². The molecule has 5 heteroatoms. The Balaban J connectivity index is 2.63. The Labute approximate surface area is 99.6 Å². The highest BCUT2D eigenvalue weighted by molar-refractivity contribution is 6.07. The number of benzene rings is 1. The Morgan fingerprint density at radius 2 is 1.94 bits per heavy atom. The fourth-order valence-electron chi connectivity index (χ4n) is 1.38. The van der Waals surface area contributed by atoms with Gasteiger partial charge in [-0.2, -0.15) is 0 Å². The summed E-state index contributed by atoms with van der Waals surface area (Å²) in [5.41, 5.74) is 6.90. The number of aryl methyl sites for hydroxylation is 1. The molecule has 1 aromatic carbocycles. The molecule has 0 aromatic heterocycles.